The van der Waals surface area contributed by atoms with Crippen LogP contribution in [0.1, 0.15) is 68.4 Å². The van der Waals surface area contributed by atoms with Crippen molar-refractivity contribution in [3.63, 3.8) is 0 Å². The largest absolute Gasteiger partial charge is 0.343 e. The Balaban J connectivity index is 1.12. The van der Waals surface area contributed by atoms with Crippen molar-refractivity contribution in [2.45, 2.75) is 44.1 Å². The summed E-state index contributed by atoms with van der Waals surface area (Å²) in [4.78, 5) is 49.9. The number of nitrogens with one attached hydrogen (secondary N) is 2. The smallest absolute Gasteiger partial charge is 0.293 e. The number of benzene rings is 2. The van der Waals surface area contributed by atoms with Gasteiger partial charge in [0.1, 0.15) is 6.04 Å². The molecule has 2 N–H and O–H groups in total. The van der Waals surface area contributed by atoms with E-state index in [1.54, 1.807) is 29.5 Å². The number of piperazine rings is 1. The summed E-state index contributed by atoms with van der Waals surface area (Å²) >= 11 is 1.64. The lowest BCUT2D eigenvalue weighted by Crippen LogP contribution is -2.48. The molecule has 44 heavy (non-hydrogen) atoms. The Bertz CT molecular complexity index is 1820. The van der Waals surface area contributed by atoms with Crippen LogP contribution in [0, 0.1) is 6.92 Å². The summed E-state index contributed by atoms with van der Waals surface area (Å²) in [6.07, 6.45) is 5.44. The third-order valence-electron chi connectivity index (χ3n) is 9.52. The van der Waals surface area contributed by atoms with Crippen LogP contribution in [0.3, 0.4) is 0 Å². The Morgan fingerprint density at radius 2 is 1.77 bits per heavy atom. The van der Waals surface area contributed by atoms with E-state index in [9.17, 15) is 14.4 Å². The van der Waals surface area contributed by atoms with Gasteiger partial charge in [-0.25, -0.2) is 4.98 Å². The number of fused-ring (bicyclic) bond motifs is 5. The summed E-state index contributed by atoms with van der Waals surface area (Å²) in [5.74, 6) is 1.44. The Kier molecular flexibility index (Phi) is 7.13. The van der Waals surface area contributed by atoms with E-state index < -0.39 is 0 Å². The molecule has 226 valence electrons. The van der Waals surface area contributed by atoms with Crippen molar-refractivity contribution < 1.29 is 9.59 Å². The predicted molar refractivity (Wildman–Crippen MR) is 174 cm³/mol. The number of aromatic nitrogens is 2. The fraction of sp³-hybridized carbons (Fsp3) is 0.353. The summed E-state index contributed by atoms with van der Waals surface area (Å²) in [6, 6.07) is 15.1. The van der Waals surface area contributed by atoms with Crippen LogP contribution in [0.15, 0.2) is 59.5 Å². The van der Waals surface area contributed by atoms with Gasteiger partial charge in [0.25, 0.3) is 11.5 Å². The second-order valence-electron chi connectivity index (χ2n) is 12.4. The molecule has 3 atom stereocenters. The molecule has 2 bridgehead atoms. The van der Waals surface area contributed by atoms with Crippen LogP contribution in [0.5, 0.6) is 0 Å². The van der Waals surface area contributed by atoms with E-state index in [2.05, 4.69) is 21.6 Å². The van der Waals surface area contributed by atoms with Crippen molar-refractivity contribution in [3.8, 4) is 11.3 Å². The molecule has 2 amide bonds. The minimum atomic E-state index is -0.330. The third-order valence-corrected chi connectivity index (χ3v) is 10.8. The van der Waals surface area contributed by atoms with Crippen LogP contribution in [-0.4, -0.2) is 58.4 Å². The summed E-state index contributed by atoms with van der Waals surface area (Å²) < 4.78 is 1.51. The van der Waals surface area contributed by atoms with Gasteiger partial charge in [0.2, 0.25) is 5.91 Å². The Morgan fingerprint density at radius 3 is 2.55 bits per heavy atom. The first-order valence-corrected chi connectivity index (χ1v) is 15.9. The average Bonchev–Trinajstić information content (AvgIpc) is 3.74. The molecular weight excluding hydrogens is 572 g/mol. The van der Waals surface area contributed by atoms with Gasteiger partial charge >= 0.3 is 0 Å². The maximum absolute atomic E-state index is 13.3. The Morgan fingerprint density at radius 1 is 1.00 bits per heavy atom. The van der Waals surface area contributed by atoms with Crippen LogP contribution >= 0.6 is 11.3 Å². The van der Waals surface area contributed by atoms with Crippen LogP contribution < -0.4 is 16.2 Å². The van der Waals surface area contributed by atoms with Gasteiger partial charge in [-0.05, 0) is 86.0 Å². The SMILES string of the molecule is Cc1c(NC(=O)c2cc3c(s2)[C@@H]2CC[C@@H]3C2)cccc1-c1cn(C)c(=O)c(Nc2ccc([C@@H]3C(=O)N(C)CCN3C)cc2)n1. The second-order valence-corrected chi connectivity index (χ2v) is 13.4. The van der Waals surface area contributed by atoms with Gasteiger partial charge in [-0.15, -0.1) is 11.3 Å². The lowest BCUT2D eigenvalue weighted by Gasteiger charge is -2.37. The highest BCUT2D eigenvalue weighted by Crippen LogP contribution is 2.56. The molecule has 1 saturated carbocycles. The fourth-order valence-corrected chi connectivity index (χ4v) is 8.24. The highest BCUT2D eigenvalue weighted by molar-refractivity contribution is 7.14. The summed E-state index contributed by atoms with van der Waals surface area (Å²) in [7, 11) is 5.49. The van der Waals surface area contributed by atoms with E-state index in [1.165, 1.54) is 34.3 Å². The minimum Gasteiger partial charge on any atom is -0.343 e. The molecule has 0 radical (unpaired) electrons. The number of aryl methyl sites for hydroxylation is 1. The normalized spacial score (nSPS) is 21.0. The molecule has 2 aromatic carbocycles. The number of thiophene rings is 1. The maximum Gasteiger partial charge on any atom is 0.293 e. The first-order valence-electron chi connectivity index (χ1n) is 15.1. The van der Waals surface area contributed by atoms with Gasteiger partial charge in [0.15, 0.2) is 5.82 Å². The van der Waals surface area contributed by atoms with Crippen molar-refractivity contribution in [1.29, 1.82) is 0 Å². The number of carbonyl (C=O) groups excluding carboxylic acids is 2. The molecule has 1 saturated heterocycles. The van der Waals surface area contributed by atoms with Crippen LogP contribution in [-0.2, 0) is 11.8 Å². The maximum atomic E-state index is 13.3. The average molecular weight is 609 g/mol. The van der Waals surface area contributed by atoms with Crippen LogP contribution in [0.4, 0.5) is 17.2 Å². The predicted octanol–water partition coefficient (Wildman–Crippen LogP) is 5.62. The van der Waals surface area contributed by atoms with E-state index >= 15 is 0 Å². The lowest BCUT2D eigenvalue weighted by atomic mass is 9.99. The molecule has 3 aliphatic rings. The minimum absolute atomic E-state index is 0.0717. The number of anilines is 3. The van der Waals surface area contributed by atoms with Gasteiger partial charge in [-0.2, -0.15) is 0 Å². The summed E-state index contributed by atoms with van der Waals surface area (Å²) in [5, 5.41) is 6.31. The van der Waals surface area contributed by atoms with Gasteiger partial charge < -0.3 is 20.1 Å². The summed E-state index contributed by atoms with van der Waals surface area (Å²) in [6.45, 7) is 3.47. The molecular formula is C34H36N6O3S. The number of rotatable bonds is 6. The highest BCUT2D eigenvalue weighted by Gasteiger charge is 2.39. The molecule has 2 aromatic heterocycles. The molecule has 9 nitrogen and oxygen atoms in total. The van der Waals surface area contributed by atoms with Crippen molar-refractivity contribution in [1.82, 2.24) is 19.4 Å². The quantitative estimate of drug-likeness (QED) is 0.295. The number of amides is 2. The first kappa shape index (κ1) is 28.5. The van der Waals surface area contributed by atoms with E-state index in [1.807, 2.05) is 63.5 Å². The Labute approximate surface area is 260 Å². The zero-order valence-corrected chi connectivity index (χ0v) is 26.2. The van der Waals surface area contributed by atoms with E-state index in [4.69, 9.17) is 4.98 Å². The van der Waals surface area contributed by atoms with Crippen LogP contribution in [0.25, 0.3) is 11.3 Å². The monoisotopic (exact) mass is 608 g/mol. The number of nitrogens with zero attached hydrogens (tertiary/aromatic N) is 4. The van der Waals surface area contributed by atoms with Gasteiger partial charge in [0, 0.05) is 55.2 Å². The molecule has 0 spiro atoms. The van der Waals surface area contributed by atoms with Crippen molar-refractivity contribution in [3.05, 3.63) is 91.5 Å². The number of likely N-dealkylation sites (N-methyl/N-ethyl adjacent to an activating group) is 2. The van der Waals surface area contributed by atoms with Crippen molar-refractivity contribution >= 4 is 40.3 Å². The Hall–Kier alpha value is -4.28. The van der Waals surface area contributed by atoms with Gasteiger partial charge in [-0.1, -0.05) is 24.3 Å². The standard InChI is InChI=1S/C34H36N6O3S/c1-19-24(6-5-7-26(19)37-32(41)28-17-25-21-8-9-22(16-21)30(25)44-28)27-18-40(4)34(43)31(36-27)35-23-12-10-20(11-13-23)29-33(42)39(3)15-14-38(29)2/h5-7,10-13,17-18,21-22,29H,8-9,14-16H2,1-4H3,(H,35,36)(H,37,41)/t21-,22-,29-/m1/s1. The van der Waals surface area contributed by atoms with Gasteiger partial charge in [0.05, 0.1) is 10.6 Å². The molecule has 1 aliphatic heterocycles. The van der Waals surface area contributed by atoms with E-state index in [0.717, 1.165) is 33.8 Å². The third kappa shape index (κ3) is 4.92. The molecule has 7 rings (SSSR count). The molecule has 0 unspecified atom stereocenters. The van der Waals surface area contributed by atoms with Gasteiger partial charge in [-0.3, -0.25) is 19.3 Å². The lowest BCUT2D eigenvalue weighted by molar-refractivity contribution is -0.139. The van der Waals surface area contributed by atoms with E-state index in [-0.39, 0.29) is 29.2 Å². The molecule has 2 aliphatic carbocycles. The van der Waals surface area contributed by atoms with Crippen molar-refractivity contribution in [2.24, 2.45) is 7.05 Å². The first-order chi connectivity index (χ1) is 21.2. The number of hydrogen-bond donors (Lipinski definition) is 2. The van der Waals surface area contributed by atoms with Crippen molar-refractivity contribution in [2.75, 3.05) is 37.8 Å². The zero-order valence-electron chi connectivity index (χ0n) is 25.4. The fourth-order valence-electron chi connectivity index (χ4n) is 6.95. The summed E-state index contributed by atoms with van der Waals surface area (Å²) in [5.41, 5.74) is 5.75. The topological polar surface area (TPSA) is 99.6 Å². The van der Waals surface area contributed by atoms with E-state index in [0.29, 0.717) is 29.8 Å². The molecule has 10 heteroatoms. The zero-order chi connectivity index (χ0) is 30.7. The molecule has 4 aromatic rings. The highest BCUT2D eigenvalue weighted by atomic mass is 32.1. The molecule has 2 fully saturated rings. The number of hydrogen-bond acceptors (Lipinski definition) is 7. The molecule has 3 heterocycles. The second kappa shape index (κ2) is 11.0. The van der Waals surface area contributed by atoms with Crippen LogP contribution in [0.2, 0.25) is 0 Å². The number of carbonyl (C=O) groups is 2.